The van der Waals surface area contributed by atoms with Gasteiger partial charge in [-0.15, -0.1) is 11.0 Å². The van der Waals surface area contributed by atoms with E-state index in [0.29, 0.717) is 0 Å². The molecule has 17 heavy (non-hydrogen) atoms. The molecule has 3 nitrogen and oxygen atoms in total. The molecule has 0 fully saturated rings. The topological polar surface area (TPSA) is 30.7 Å². The average molecular weight is 233 g/mol. The van der Waals surface area contributed by atoms with Crippen LogP contribution in [0.2, 0.25) is 0 Å². The van der Waals surface area contributed by atoms with E-state index in [2.05, 4.69) is 56.8 Å². The minimum Gasteiger partial charge on any atom is -0.251 e. The molecule has 0 amide bonds. The van der Waals surface area contributed by atoms with E-state index in [9.17, 15) is 0 Å². The molecule has 0 aliphatic carbocycles. The molecular formula is C14H23N3. The van der Waals surface area contributed by atoms with Gasteiger partial charge >= 0.3 is 0 Å². The van der Waals surface area contributed by atoms with Gasteiger partial charge in [-0.05, 0) is 32.6 Å². The third-order valence-corrected chi connectivity index (χ3v) is 2.32. The van der Waals surface area contributed by atoms with Crippen LogP contribution in [0.4, 0.5) is 0 Å². The highest BCUT2D eigenvalue weighted by Crippen LogP contribution is 2.20. The molecule has 0 atom stereocenters. The lowest BCUT2D eigenvalue weighted by atomic mass is 9.91. The number of hydrogen-bond donors (Lipinski definition) is 0. The Morgan fingerprint density at radius 2 is 1.88 bits per heavy atom. The van der Waals surface area contributed by atoms with Gasteiger partial charge in [0.25, 0.3) is 0 Å². The second kappa shape index (κ2) is 4.91. The van der Waals surface area contributed by atoms with E-state index in [4.69, 9.17) is 0 Å². The van der Waals surface area contributed by atoms with Crippen molar-refractivity contribution < 1.29 is 0 Å². The molecule has 1 aromatic heterocycles. The molecule has 0 radical (unpaired) electrons. The van der Waals surface area contributed by atoms with Crippen molar-refractivity contribution in [2.75, 3.05) is 0 Å². The van der Waals surface area contributed by atoms with Crippen LogP contribution in [0.25, 0.3) is 0 Å². The average Bonchev–Trinajstić information content (AvgIpc) is 2.47. The standard InChI is InChI=1S/C14H23N3/c1-7-8-14(5,6)11-17-10-12(15-16-17)9-13(2,3)4/h10H,9,11H2,1-6H3. The Hall–Kier alpha value is -1.30. The first-order valence-electron chi connectivity index (χ1n) is 6.05. The van der Waals surface area contributed by atoms with Gasteiger partial charge in [-0.3, -0.25) is 4.68 Å². The van der Waals surface area contributed by atoms with Gasteiger partial charge in [0.1, 0.15) is 0 Å². The Morgan fingerprint density at radius 1 is 1.24 bits per heavy atom. The van der Waals surface area contributed by atoms with Crippen molar-refractivity contribution >= 4 is 0 Å². The maximum Gasteiger partial charge on any atom is 0.0832 e. The molecule has 0 unspecified atom stereocenters. The predicted octanol–water partition coefficient (Wildman–Crippen LogP) is 2.92. The van der Waals surface area contributed by atoms with Crippen molar-refractivity contribution in [2.24, 2.45) is 10.8 Å². The predicted molar refractivity (Wildman–Crippen MR) is 70.4 cm³/mol. The molecule has 1 aromatic rings. The fourth-order valence-electron chi connectivity index (χ4n) is 1.82. The normalized spacial score (nSPS) is 12.1. The lowest BCUT2D eigenvalue weighted by molar-refractivity contribution is 0.383. The van der Waals surface area contributed by atoms with Crippen LogP contribution in [0.1, 0.15) is 47.2 Å². The summed E-state index contributed by atoms with van der Waals surface area (Å²) >= 11 is 0. The molecule has 1 rings (SSSR count). The number of rotatable bonds is 3. The van der Waals surface area contributed by atoms with Gasteiger partial charge in [0.15, 0.2) is 0 Å². The van der Waals surface area contributed by atoms with E-state index >= 15 is 0 Å². The summed E-state index contributed by atoms with van der Waals surface area (Å²) in [5, 5.41) is 8.38. The highest BCUT2D eigenvalue weighted by Gasteiger charge is 2.18. The van der Waals surface area contributed by atoms with Gasteiger partial charge < -0.3 is 0 Å². The van der Waals surface area contributed by atoms with Crippen LogP contribution in [0.3, 0.4) is 0 Å². The zero-order valence-electron chi connectivity index (χ0n) is 11.8. The van der Waals surface area contributed by atoms with Gasteiger partial charge in [0.05, 0.1) is 12.2 Å². The van der Waals surface area contributed by atoms with Crippen LogP contribution in [0.5, 0.6) is 0 Å². The van der Waals surface area contributed by atoms with E-state index in [1.54, 1.807) is 0 Å². The lowest BCUT2D eigenvalue weighted by Crippen LogP contribution is -2.18. The molecular weight excluding hydrogens is 210 g/mol. The Bertz CT molecular complexity index is 424. The molecule has 0 aliphatic rings. The first-order chi connectivity index (χ1) is 7.72. The Morgan fingerprint density at radius 3 is 2.41 bits per heavy atom. The molecule has 1 heterocycles. The van der Waals surface area contributed by atoms with Crippen LogP contribution >= 0.6 is 0 Å². The quantitative estimate of drug-likeness (QED) is 0.752. The third kappa shape index (κ3) is 5.04. The largest absolute Gasteiger partial charge is 0.251 e. The van der Waals surface area contributed by atoms with E-state index in [0.717, 1.165) is 18.7 Å². The highest BCUT2D eigenvalue weighted by atomic mass is 15.4. The van der Waals surface area contributed by atoms with Gasteiger partial charge in [-0.2, -0.15) is 0 Å². The number of nitrogens with zero attached hydrogens (tertiary/aromatic N) is 3. The van der Waals surface area contributed by atoms with Gasteiger partial charge in [-0.25, -0.2) is 0 Å². The van der Waals surface area contributed by atoms with Crippen molar-refractivity contribution in [1.29, 1.82) is 0 Å². The second-order valence-corrected chi connectivity index (χ2v) is 6.40. The summed E-state index contributed by atoms with van der Waals surface area (Å²) in [5.41, 5.74) is 1.25. The molecule has 0 spiro atoms. The smallest absolute Gasteiger partial charge is 0.0832 e. The zero-order chi connectivity index (χ0) is 13.1. The minimum atomic E-state index is -0.0541. The molecule has 3 heteroatoms. The van der Waals surface area contributed by atoms with E-state index in [1.165, 1.54) is 0 Å². The lowest BCUT2D eigenvalue weighted by Gasteiger charge is -2.17. The fourth-order valence-corrected chi connectivity index (χ4v) is 1.82. The van der Waals surface area contributed by atoms with E-state index < -0.39 is 0 Å². The van der Waals surface area contributed by atoms with Crippen molar-refractivity contribution in [3.8, 4) is 11.8 Å². The molecule has 0 aromatic carbocycles. The van der Waals surface area contributed by atoms with Crippen LogP contribution in [-0.2, 0) is 13.0 Å². The summed E-state index contributed by atoms with van der Waals surface area (Å²) in [6.07, 6.45) is 2.98. The highest BCUT2D eigenvalue weighted by molar-refractivity contribution is 5.07. The SMILES string of the molecule is CC#CC(C)(C)Cn1cc(CC(C)(C)C)nn1. The van der Waals surface area contributed by atoms with Crippen molar-refractivity contribution in [3.05, 3.63) is 11.9 Å². The third-order valence-electron chi connectivity index (χ3n) is 2.32. The zero-order valence-corrected chi connectivity index (χ0v) is 11.8. The van der Waals surface area contributed by atoms with Crippen LogP contribution in [0, 0.1) is 22.7 Å². The molecule has 0 saturated carbocycles. The van der Waals surface area contributed by atoms with Crippen LogP contribution < -0.4 is 0 Å². The molecule has 0 bridgehead atoms. The summed E-state index contributed by atoms with van der Waals surface area (Å²) < 4.78 is 1.89. The Kier molecular flexibility index (Phi) is 3.98. The first-order valence-corrected chi connectivity index (χ1v) is 6.05. The molecule has 0 N–H and O–H groups in total. The fraction of sp³-hybridized carbons (Fsp3) is 0.714. The Labute approximate surface area is 105 Å². The van der Waals surface area contributed by atoms with Crippen molar-refractivity contribution in [2.45, 2.75) is 54.5 Å². The van der Waals surface area contributed by atoms with Crippen molar-refractivity contribution in [3.63, 3.8) is 0 Å². The van der Waals surface area contributed by atoms with Gasteiger partial charge in [-0.1, -0.05) is 31.9 Å². The van der Waals surface area contributed by atoms with Crippen molar-refractivity contribution in [1.82, 2.24) is 15.0 Å². The Balaban J connectivity index is 2.71. The monoisotopic (exact) mass is 233 g/mol. The first kappa shape index (κ1) is 13.8. The van der Waals surface area contributed by atoms with E-state index in [-0.39, 0.29) is 10.8 Å². The molecule has 0 saturated heterocycles. The van der Waals surface area contributed by atoms with E-state index in [1.807, 2.05) is 17.8 Å². The second-order valence-electron chi connectivity index (χ2n) is 6.40. The summed E-state index contributed by atoms with van der Waals surface area (Å²) in [6.45, 7) is 13.5. The minimum absolute atomic E-state index is 0.0541. The number of aromatic nitrogens is 3. The molecule has 0 aliphatic heterocycles. The summed E-state index contributed by atoms with van der Waals surface area (Å²) in [5.74, 6) is 6.15. The summed E-state index contributed by atoms with van der Waals surface area (Å²) in [4.78, 5) is 0. The molecule has 94 valence electrons. The maximum absolute atomic E-state index is 4.21. The number of hydrogen-bond acceptors (Lipinski definition) is 2. The summed E-state index contributed by atoms with van der Waals surface area (Å²) in [6, 6.07) is 0. The van der Waals surface area contributed by atoms with Gasteiger partial charge in [0, 0.05) is 11.6 Å². The van der Waals surface area contributed by atoms with Gasteiger partial charge in [0.2, 0.25) is 0 Å². The maximum atomic E-state index is 4.21. The summed E-state index contributed by atoms with van der Waals surface area (Å²) in [7, 11) is 0. The van der Waals surface area contributed by atoms with Crippen LogP contribution in [0.15, 0.2) is 6.20 Å². The van der Waals surface area contributed by atoms with Crippen LogP contribution in [-0.4, -0.2) is 15.0 Å².